The Morgan fingerprint density at radius 3 is 2.74 bits per heavy atom. The van der Waals surface area contributed by atoms with E-state index in [1.165, 1.54) is 0 Å². The highest BCUT2D eigenvalue weighted by atomic mass is 79.9. The molecule has 0 aliphatic rings. The summed E-state index contributed by atoms with van der Waals surface area (Å²) in [4.78, 5) is 23.1. The fraction of sp³-hybridized carbons (Fsp3) is 0.385. The van der Waals surface area contributed by atoms with Crippen molar-refractivity contribution in [3.8, 4) is 0 Å². The lowest BCUT2D eigenvalue weighted by Gasteiger charge is -2.09. The highest BCUT2D eigenvalue weighted by molar-refractivity contribution is 9.10. The van der Waals surface area contributed by atoms with E-state index in [0.717, 1.165) is 4.47 Å². The molecule has 1 unspecified atom stereocenters. The van der Waals surface area contributed by atoms with Crippen LogP contribution in [0.3, 0.4) is 0 Å². The first-order valence-electron chi connectivity index (χ1n) is 6.05. The van der Waals surface area contributed by atoms with E-state index in [1.54, 1.807) is 18.2 Å². The summed E-state index contributed by atoms with van der Waals surface area (Å²) in [6.07, 6.45) is 0.611. The van der Waals surface area contributed by atoms with Gasteiger partial charge in [0.1, 0.15) is 0 Å². The molecule has 0 bridgehead atoms. The molecule has 19 heavy (non-hydrogen) atoms. The quantitative estimate of drug-likeness (QED) is 0.719. The lowest BCUT2D eigenvalue weighted by Crippen LogP contribution is -2.36. The largest absolute Gasteiger partial charge is 0.393 e. The van der Waals surface area contributed by atoms with Gasteiger partial charge in [-0.05, 0) is 31.0 Å². The number of halogens is 1. The topological polar surface area (TPSA) is 78.4 Å². The van der Waals surface area contributed by atoms with E-state index in [0.29, 0.717) is 18.5 Å². The number of hydrogen-bond donors (Lipinski definition) is 3. The van der Waals surface area contributed by atoms with Crippen LogP contribution in [0.25, 0.3) is 0 Å². The molecule has 0 aliphatic heterocycles. The molecule has 0 spiro atoms. The second-order valence-electron chi connectivity index (χ2n) is 4.07. The van der Waals surface area contributed by atoms with Crippen molar-refractivity contribution in [2.24, 2.45) is 0 Å². The monoisotopic (exact) mass is 328 g/mol. The Hall–Kier alpha value is -1.40. The van der Waals surface area contributed by atoms with E-state index in [4.69, 9.17) is 0 Å². The van der Waals surface area contributed by atoms with E-state index in [2.05, 4.69) is 26.6 Å². The van der Waals surface area contributed by atoms with Crippen LogP contribution in [0.15, 0.2) is 28.7 Å². The SMILES string of the molecule is CCC(O)CCNC(=O)C(=O)Nc1cccc(Br)c1. The Balaban J connectivity index is 2.39. The van der Waals surface area contributed by atoms with Gasteiger partial charge in [0, 0.05) is 16.7 Å². The van der Waals surface area contributed by atoms with Gasteiger partial charge in [-0.2, -0.15) is 0 Å². The van der Waals surface area contributed by atoms with Crippen LogP contribution in [-0.4, -0.2) is 29.6 Å². The van der Waals surface area contributed by atoms with Gasteiger partial charge in [0.15, 0.2) is 0 Å². The maximum absolute atomic E-state index is 11.6. The van der Waals surface area contributed by atoms with Gasteiger partial charge in [0.25, 0.3) is 0 Å². The molecule has 0 aliphatic carbocycles. The molecule has 5 nitrogen and oxygen atoms in total. The summed E-state index contributed by atoms with van der Waals surface area (Å²) in [5, 5.41) is 14.3. The van der Waals surface area contributed by atoms with Crippen LogP contribution in [0.5, 0.6) is 0 Å². The third-order valence-corrected chi connectivity index (χ3v) is 3.02. The van der Waals surface area contributed by atoms with Crippen molar-refractivity contribution in [1.29, 1.82) is 0 Å². The highest BCUT2D eigenvalue weighted by Crippen LogP contribution is 2.15. The minimum Gasteiger partial charge on any atom is -0.393 e. The Labute approximate surface area is 120 Å². The third kappa shape index (κ3) is 5.85. The number of aliphatic hydroxyl groups excluding tert-OH is 1. The second kappa shape index (κ2) is 7.91. The van der Waals surface area contributed by atoms with E-state index in [9.17, 15) is 14.7 Å². The molecule has 0 radical (unpaired) electrons. The summed E-state index contributed by atoms with van der Waals surface area (Å²) in [5.41, 5.74) is 0.545. The van der Waals surface area contributed by atoms with Gasteiger partial charge in [-0.15, -0.1) is 0 Å². The van der Waals surface area contributed by atoms with Crippen molar-refractivity contribution in [3.05, 3.63) is 28.7 Å². The summed E-state index contributed by atoms with van der Waals surface area (Å²) >= 11 is 3.28. The maximum atomic E-state index is 11.6. The van der Waals surface area contributed by atoms with Crippen molar-refractivity contribution < 1.29 is 14.7 Å². The number of hydrogen-bond acceptors (Lipinski definition) is 3. The molecule has 0 fully saturated rings. The van der Waals surface area contributed by atoms with E-state index in [1.807, 2.05) is 13.0 Å². The average Bonchev–Trinajstić information content (AvgIpc) is 2.38. The van der Waals surface area contributed by atoms with E-state index in [-0.39, 0.29) is 6.54 Å². The van der Waals surface area contributed by atoms with Crippen LogP contribution < -0.4 is 10.6 Å². The van der Waals surface area contributed by atoms with E-state index >= 15 is 0 Å². The van der Waals surface area contributed by atoms with Gasteiger partial charge in [-0.3, -0.25) is 9.59 Å². The lowest BCUT2D eigenvalue weighted by atomic mass is 10.2. The first-order valence-corrected chi connectivity index (χ1v) is 6.85. The van der Waals surface area contributed by atoms with Gasteiger partial charge >= 0.3 is 11.8 Å². The zero-order chi connectivity index (χ0) is 14.3. The molecule has 104 valence electrons. The fourth-order valence-corrected chi connectivity index (χ4v) is 1.79. The van der Waals surface area contributed by atoms with Crippen LogP contribution in [0.2, 0.25) is 0 Å². The van der Waals surface area contributed by atoms with Gasteiger partial charge in [-0.25, -0.2) is 0 Å². The van der Waals surface area contributed by atoms with Gasteiger partial charge < -0.3 is 15.7 Å². The summed E-state index contributed by atoms with van der Waals surface area (Å²) in [7, 11) is 0. The number of nitrogens with one attached hydrogen (secondary N) is 2. The van der Waals surface area contributed by atoms with Crippen LogP contribution in [0.1, 0.15) is 19.8 Å². The average molecular weight is 329 g/mol. The van der Waals surface area contributed by atoms with Crippen LogP contribution in [-0.2, 0) is 9.59 Å². The zero-order valence-corrected chi connectivity index (χ0v) is 12.2. The fourth-order valence-electron chi connectivity index (χ4n) is 1.39. The van der Waals surface area contributed by atoms with E-state index < -0.39 is 17.9 Å². The Kier molecular flexibility index (Phi) is 6.52. The minimum absolute atomic E-state index is 0.278. The van der Waals surface area contributed by atoms with Gasteiger partial charge in [0.05, 0.1) is 6.10 Å². The van der Waals surface area contributed by atoms with Crippen LogP contribution in [0.4, 0.5) is 5.69 Å². The highest BCUT2D eigenvalue weighted by Gasteiger charge is 2.13. The molecule has 1 aromatic rings. The van der Waals surface area contributed by atoms with Crippen LogP contribution in [0, 0.1) is 0 Å². The molecule has 1 aromatic carbocycles. The van der Waals surface area contributed by atoms with Crippen molar-refractivity contribution >= 4 is 33.4 Å². The smallest absolute Gasteiger partial charge is 0.313 e. The number of amides is 2. The Morgan fingerprint density at radius 1 is 1.37 bits per heavy atom. The van der Waals surface area contributed by atoms with Crippen molar-refractivity contribution in [1.82, 2.24) is 5.32 Å². The number of rotatable bonds is 5. The lowest BCUT2D eigenvalue weighted by molar-refractivity contribution is -0.136. The molecule has 0 saturated heterocycles. The zero-order valence-electron chi connectivity index (χ0n) is 10.6. The summed E-state index contributed by atoms with van der Waals surface area (Å²) < 4.78 is 0.816. The number of aliphatic hydroxyl groups is 1. The molecule has 1 atom stereocenters. The van der Waals surface area contributed by atoms with Crippen molar-refractivity contribution in [3.63, 3.8) is 0 Å². The minimum atomic E-state index is -0.718. The number of benzene rings is 1. The number of carbonyl (C=O) groups excluding carboxylic acids is 2. The normalized spacial score (nSPS) is 11.7. The van der Waals surface area contributed by atoms with Crippen molar-refractivity contribution in [2.45, 2.75) is 25.9 Å². The summed E-state index contributed by atoms with van der Waals surface area (Å²) in [6, 6.07) is 6.97. The van der Waals surface area contributed by atoms with Crippen LogP contribution >= 0.6 is 15.9 Å². The summed E-state index contributed by atoms with van der Waals surface area (Å²) in [5.74, 6) is -1.42. The first kappa shape index (κ1) is 15.7. The molecule has 1 rings (SSSR count). The molecule has 0 heterocycles. The molecule has 0 aromatic heterocycles. The maximum Gasteiger partial charge on any atom is 0.313 e. The Bertz CT molecular complexity index is 451. The van der Waals surface area contributed by atoms with Crippen molar-refractivity contribution in [2.75, 3.05) is 11.9 Å². The third-order valence-electron chi connectivity index (χ3n) is 2.52. The van der Waals surface area contributed by atoms with Gasteiger partial charge in [-0.1, -0.05) is 28.9 Å². The molecule has 2 amide bonds. The number of anilines is 1. The summed E-state index contributed by atoms with van der Waals surface area (Å²) in [6.45, 7) is 2.13. The predicted molar refractivity (Wildman–Crippen MR) is 76.7 cm³/mol. The standard InChI is InChI=1S/C13H17BrN2O3/c1-2-11(17)6-7-15-12(18)13(19)16-10-5-3-4-9(14)8-10/h3-5,8,11,17H,2,6-7H2,1H3,(H,15,18)(H,16,19). The molecular weight excluding hydrogens is 312 g/mol. The molecular formula is C13H17BrN2O3. The first-order chi connectivity index (χ1) is 9.02. The number of carbonyl (C=O) groups is 2. The second-order valence-corrected chi connectivity index (χ2v) is 4.99. The Morgan fingerprint density at radius 2 is 2.11 bits per heavy atom. The molecule has 0 saturated carbocycles. The molecule has 3 N–H and O–H groups in total. The molecule has 6 heteroatoms. The van der Waals surface area contributed by atoms with Gasteiger partial charge in [0.2, 0.25) is 0 Å². The predicted octanol–water partition coefficient (Wildman–Crippen LogP) is 1.66.